The summed E-state index contributed by atoms with van der Waals surface area (Å²) in [6.45, 7) is 15.0. The van der Waals surface area contributed by atoms with Gasteiger partial charge in [0.25, 0.3) is 0 Å². The van der Waals surface area contributed by atoms with Gasteiger partial charge >= 0.3 is 6.09 Å². The maximum Gasteiger partial charge on any atom is 0.409 e. The lowest BCUT2D eigenvalue weighted by Gasteiger charge is -2.36. The van der Waals surface area contributed by atoms with Gasteiger partial charge in [-0.05, 0) is 40.3 Å². The number of nitrogens with one attached hydrogen (secondary N) is 1. The summed E-state index contributed by atoms with van der Waals surface area (Å²) < 4.78 is 5.09. The van der Waals surface area contributed by atoms with Gasteiger partial charge in [-0.15, -0.1) is 0 Å². The number of ether oxygens (including phenoxy) is 1. The van der Waals surface area contributed by atoms with E-state index in [1.54, 1.807) is 4.90 Å². The minimum Gasteiger partial charge on any atom is -0.450 e. The summed E-state index contributed by atoms with van der Waals surface area (Å²) in [5.41, 5.74) is 0. The molecule has 0 unspecified atom stereocenters. The minimum absolute atomic E-state index is 0.206. The van der Waals surface area contributed by atoms with Gasteiger partial charge in [0, 0.05) is 65.4 Å². The first-order chi connectivity index (χ1) is 13.1. The molecule has 8 nitrogen and oxygen atoms in total. The van der Waals surface area contributed by atoms with Crippen molar-refractivity contribution in [2.45, 2.75) is 26.7 Å². The first-order valence-electron chi connectivity index (χ1n) is 10.5. The predicted molar refractivity (Wildman–Crippen MR) is 109 cm³/mol. The zero-order valence-corrected chi connectivity index (χ0v) is 17.5. The highest BCUT2D eigenvalue weighted by atomic mass is 16.6. The van der Waals surface area contributed by atoms with Crippen LogP contribution in [-0.4, -0.2) is 117 Å². The molecule has 2 saturated heterocycles. The van der Waals surface area contributed by atoms with E-state index in [0.29, 0.717) is 19.7 Å². The Hall–Kier alpha value is -1.54. The standard InChI is InChI=1S/C19H38N6O2/c1-4-20-18(24-14-16-25(17-15-24)19(26)27-5-2)21-8-6-7-9-23-12-10-22(3)11-13-23/h4-17H2,1-3H3,(H,20,21). The lowest BCUT2D eigenvalue weighted by molar-refractivity contribution is 0.0914. The van der Waals surface area contributed by atoms with Crippen molar-refractivity contribution in [1.82, 2.24) is 24.9 Å². The summed E-state index contributed by atoms with van der Waals surface area (Å²) >= 11 is 0. The Morgan fingerprint density at radius 1 is 0.963 bits per heavy atom. The largest absolute Gasteiger partial charge is 0.450 e. The molecular weight excluding hydrogens is 344 g/mol. The molecule has 0 spiro atoms. The van der Waals surface area contributed by atoms with E-state index in [4.69, 9.17) is 9.73 Å². The third-order valence-electron chi connectivity index (χ3n) is 5.18. The molecule has 0 aromatic rings. The monoisotopic (exact) mass is 382 g/mol. The van der Waals surface area contributed by atoms with E-state index in [2.05, 4.69) is 34.0 Å². The second-order valence-electron chi connectivity index (χ2n) is 7.26. The smallest absolute Gasteiger partial charge is 0.409 e. The quantitative estimate of drug-likeness (QED) is 0.398. The number of hydrogen-bond acceptors (Lipinski definition) is 5. The van der Waals surface area contributed by atoms with Crippen LogP contribution in [0.15, 0.2) is 4.99 Å². The number of nitrogens with zero attached hydrogens (tertiary/aromatic N) is 5. The molecule has 8 heteroatoms. The second-order valence-corrected chi connectivity index (χ2v) is 7.26. The number of aliphatic imine (C=N–C) groups is 1. The van der Waals surface area contributed by atoms with E-state index < -0.39 is 0 Å². The van der Waals surface area contributed by atoms with Gasteiger partial charge in [0.15, 0.2) is 5.96 Å². The maximum absolute atomic E-state index is 11.8. The van der Waals surface area contributed by atoms with E-state index in [1.165, 1.54) is 39.1 Å². The molecule has 0 atom stereocenters. The van der Waals surface area contributed by atoms with Crippen LogP contribution < -0.4 is 5.32 Å². The zero-order valence-electron chi connectivity index (χ0n) is 17.5. The Morgan fingerprint density at radius 3 is 2.26 bits per heavy atom. The molecule has 1 N–H and O–H groups in total. The summed E-state index contributed by atoms with van der Waals surface area (Å²) in [5.74, 6) is 0.973. The highest BCUT2D eigenvalue weighted by molar-refractivity contribution is 5.80. The number of piperazine rings is 2. The van der Waals surface area contributed by atoms with Crippen LogP contribution in [0.4, 0.5) is 4.79 Å². The summed E-state index contributed by atoms with van der Waals surface area (Å²) in [7, 11) is 2.20. The van der Waals surface area contributed by atoms with E-state index in [1.807, 2.05) is 6.92 Å². The maximum atomic E-state index is 11.8. The third kappa shape index (κ3) is 7.54. The Balaban J connectivity index is 1.68. The average molecular weight is 383 g/mol. The molecule has 0 aliphatic carbocycles. The van der Waals surface area contributed by atoms with Crippen molar-refractivity contribution < 1.29 is 9.53 Å². The van der Waals surface area contributed by atoms with Crippen LogP contribution in [0.1, 0.15) is 26.7 Å². The lowest BCUT2D eigenvalue weighted by atomic mass is 10.2. The highest BCUT2D eigenvalue weighted by Gasteiger charge is 2.23. The lowest BCUT2D eigenvalue weighted by Crippen LogP contribution is -2.53. The fourth-order valence-corrected chi connectivity index (χ4v) is 3.45. The Morgan fingerprint density at radius 2 is 1.63 bits per heavy atom. The Bertz CT molecular complexity index is 457. The molecule has 0 saturated carbocycles. The van der Waals surface area contributed by atoms with Crippen molar-refractivity contribution in [2.24, 2.45) is 4.99 Å². The van der Waals surface area contributed by atoms with Gasteiger partial charge in [-0.25, -0.2) is 4.79 Å². The topological polar surface area (TPSA) is 63.7 Å². The molecule has 2 rings (SSSR count). The van der Waals surface area contributed by atoms with Crippen LogP contribution in [-0.2, 0) is 4.74 Å². The molecule has 2 aliphatic rings. The second kappa shape index (κ2) is 12.0. The number of guanidine groups is 1. The Kier molecular flexibility index (Phi) is 9.69. The van der Waals surface area contributed by atoms with Crippen LogP contribution in [0, 0.1) is 0 Å². The molecule has 2 heterocycles. The normalized spacial score (nSPS) is 20.0. The van der Waals surface area contributed by atoms with Gasteiger partial charge in [0.05, 0.1) is 6.61 Å². The highest BCUT2D eigenvalue weighted by Crippen LogP contribution is 2.06. The molecule has 2 aliphatic heterocycles. The van der Waals surface area contributed by atoms with Crippen molar-refractivity contribution in [3.8, 4) is 0 Å². The molecule has 0 bridgehead atoms. The van der Waals surface area contributed by atoms with Gasteiger partial charge in [0.2, 0.25) is 0 Å². The van der Waals surface area contributed by atoms with Crippen molar-refractivity contribution in [3.63, 3.8) is 0 Å². The van der Waals surface area contributed by atoms with E-state index in [0.717, 1.165) is 38.6 Å². The van der Waals surface area contributed by atoms with Gasteiger partial charge in [-0.1, -0.05) is 0 Å². The summed E-state index contributed by atoms with van der Waals surface area (Å²) in [4.78, 5) is 25.6. The van der Waals surface area contributed by atoms with Crippen molar-refractivity contribution in [1.29, 1.82) is 0 Å². The number of hydrogen-bond donors (Lipinski definition) is 1. The van der Waals surface area contributed by atoms with Crippen molar-refractivity contribution in [3.05, 3.63) is 0 Å². The molecule has 0 radical (unpaired) electrons. The number of amides is 1. The third-order valence-corrected chi connectivity index (χ3v) is 5.18. The Labute approximate surface area is 164 Å². The minimum atomic E-state index is -0.206. The molecule has 0 aromatic carbocycles. The van der Waals surface area contributed by atoms with Gasteiger partial charge in [-0.3, -0.25) is 4.99 Å². The van der Waals surface area contributed by atoms with Gasteiger partial charge in [-0.2, -0.15) is 0 Å². The number of likely N-dealkylation sites (N-methyl/N-ethyl adjacent to an activating group) is 1. The molecule has 0 aromatic heterocycles. The summed E-state index contributed by atoms with van der Waals surface area (Å²) in [6, 6.07) is 0. The zero-order chi connectivity index (χ0) is 19.5. The fourth-order valence-electron chi connectivity index (χ4n) is 3.45. The molecule has 1 amide bonds. The number of unbranched alkanes of at least 4 members (excludes halogenated alkanes) is 1. The summed E-state index contributed by atoms with van der Waals surface area (Å²) in [6.07, 6.45) is 2.11. The predicted octanol–water partition coefficient (Wildman–Crippen LogP) is 0.754. The van der Waals surface area contributed by atoms with Crippen LogP contribution in [0.5, 0.6) is 0 Å². The van der Waals surface area contributed by atoms with E-state index in [9.17, 15) is 4.79 Å². The van der Waals surface area contributed by atoms with Crippen LogP contribution in [0.3, 0.4) is 0 Å². The first-order valence-corrected chi connectivity index (χ1v) is 10.5. The summed E-state index contributed by atoms with van der Waals surface area (Å²) in [5, 5.41) is 3.39. The molecule has 156 valence electrons. The number of rotatable bonds is 7. The first kappa shape index (κ1) is 21.8. The van der Waals surface area contributed by atoms with Crippen LogP contribution in [0.2, 0.25) is 0 Å². The van der Waals surface area contributed by atoms with Crippen LogP contribution in [0.25, 0.3) is 0 Å². The van der Waals surface area contributed by atoms with Crippen molar-refractivity contribution >= 4 is 12.1 Å². The van der Waals surface area contributed by atoms with E-state index >= 15 is 0 Å². The average Bonchev–Trinajstić information content (AvgIpc) is 2.68. The van der Waals surface area contributed by atoms with Gasteiger partial charge in [0.1, 0.15) is 0 Å². The molecule has 27 heavy (non-hydrogen) atoms. The number of carbonyl (C=O) groups excluding carboxylic acids is 1. The molecule has 2 fully saturated rings. The van der Waals surface area contributed by atoms with Crippen molar-refractivity contribution in [2.75, 3.05) is 85.6 Å². The molecular formula is C19H38N6O2. The number of carbonyl (C=O) groups is 1. The van der Waals surface area contributed by atoms with Gasteiger partial charge < -0.3 is 29.7 Å². The van der Waals surface area contributed by atoms with E-state index in [-0.39, 0.29) is 6.09 Å². The fraction of sp³-hybridized carbons (Fsp3) is 0.895. The SMILES string of the molecule is CCNC(=NCCCCN1CCN(C)CC1)N1CCN(C(=O)OCC)CC1. The van der Waals surface area contributed by atoms with Crippen LogP contribution >= 0.6 is 0 Å².